The maximum Gasteiger partial charge on any atom is 0.274 e. The number of nitrogens with zero attached hydrogens (tertiary/aromatic N) is 1. The Morgan fingerprint density at radius 3 is 2.71 bits per heavy atom. The summed E-state index contributed by atoms with van der Waals surface area (Å²) in [6.45, 7) is 4.04. The maximum absolute atomic E-state index is 12.2. The fraction of sp³-hybridized carbons (Fsp3) is 0.200. The first-order chi connectivity index (χ1) is 9.97. The average molecular weight is 324 g/mol. The van der Waals surface area contributed by atoms with Crippen molar-refractivity contribution < 1.29 is 4.79 Å². The van der Waals surface area contributed by atoms with Crippen LogP contribution in [0.25, 0.3) is 0 Å². The summed E-state index contributed by atoms with van der Waals surface area (Å²) in [6.07, 6.45) is 1.58. The Balaban J connectivity index is 2.18. The molecule has 0 atom stereocenters. The number of benzene rings is 1. The van der Waals surface area contributed by atoms with Crippen LogP contribution in [0.3, 0.4) is 0 Å². The van der Waals surface area contributed by atoms with Crippen molar-refractivity contribution in [2.24, 2.45) is 0 Å². The number of carbonyl (C=O) groups excluding carboxylic acids is 1. The van der Waals surface area contributed by atoms with E-state index in [0.717, 1.165) is 5.69 Å². The normalized spacial score (nSPS) is 10.5. The molecule has 1 aromatic carbocycles. The van der Waals surface area contributed by atoms with Gasteiger partial charge >= 0.3 is 0 Å². The molecule has 4 nitrogen and oxygen atoms in total. The SMILES string of the molecule is CC(C)Nc1ccnc(C(=O)Nc2cccc(Cl)c2Cl)c1. The van der Waals surface area contributed by atoms with Crippen molar-refractivity contribution in [3.8, 4) is 0 Å². The predicted octanol–water partition coefficient (Wildman–Crippen LogP) is 4.46. The van der Waals surface area contributed by atoms with Gasteiger partial charge in [-0.3, -0.25) is 9.78 Å². The van der Waals surface area contributed by atoms with Crippen molar-refractivity contribution >= 4 is 40.5 Å². The van der Waals surface area contributed by atoms with Gasteiger partial charge in [0, 0.05) is 17.9 Å². The Bertz CT molecular complexity index is 659. The third-order valence-electron chi connectivity index (χ3n) is 2.65. The molecule has 0 saturated heterocycles. The summed E-state index contributed by atoms with van der Waals surface area (Å²) >= 11 is 12.0. The van der Waals surface area contributed by atoms with Gasteiger partial charge in [-0.15, -0.1) is 0 Å². The quantitative estimate of drug-likeness (QED) is 0.873. The van der Waals surface area contributed by atoms with Gasteiger partial charge in [-0.1, -0.05) is 29.3 Å². The Hall–Kier alpha value is -1.78. The topological polar surface area (TPSA) is 54.0 Å². The van der Waals surface area contributed by atoms with E-state index >= 15 is 0 Å². The number of aromatic nitrogens is 1. The highest BCUT2D eigenvalue weighted by Gasteiger charge is 2.12. The van der Waals surface area contributed by atoms with Crippen molar-refractivity contribution in [3.63, 3.8) is 0 Å². The number of anilines is 2. The number of rotatable bonds is 4. The minimum absolute atomic E-state index is 0.269. The van der Waals surface area contributed by atoms with Crippen LogP contribution in [0.4, 0.5) is 11.4 Å². The molecule has 110 valence electrons. The molecule has 0 bridgehead atoms. The molecule has 0 aliphatic carbocycles. The molecule has 0 unspecified atom stereocenters. The number of hydrogen-bond acceptors (Lipinski definition) is 3. The van der Waals surface area contributed by atoms with Crippen LogP contribution >= 0.6 is 23.2 Å². The molecule has 0 aliphatic rings. The van der Waals surface area contributed by atoms with Gasteiger partial charge in [-0.2, -0.15) is 0 Å². The van der Waals surface area contributed by atoms with Crippen LogP contribution in [-0.2, 0) is 0 Å². The zero-order valence-corrected chi connectivity index (χ0v) is 13.2. The zero-order valence-electron chi connectivity index (χ0n) is 11.7. The van der Waals surface area contributed by atoms with E-state index in [4.69, 9.17) is 23.2 Å². The molecule has 1 aromatic heterocycles. The lowest BCUT2D eigenvalue weighted by Crippen LogP contribution is -2.15. The largest absolute Gasteiger partial charge is 0.383 e. The Morgan fingerprint density at radius 2 is 2.00 bits per heavy atom. The third-order valence-corrected chi connectivity index (χ3v) is 3.47. The van der Waals surface area contributed by atoms with Crippen molar-refractivity contribution in [2.75, 3.05) is 10.6 Å². The van der Waals surface area contributed by atoms with Gasteiger partial charge in [-0.25, -0.2) is 0 Å². The van der Waals surface area contributed by atoms with Crippen LogP contribution in [0.5, 0.6) is 0 Å². The smallest absolute Gasteiger partial charge is 0.274 e. The molecule has 2 aromatic rings. The molecule has 2 rings (SSSR count). The first-order valence-corrected chi connectivity index (χ1v) is 7.21. The fourth-order valence-corrected chi connectivity index (χ4v) is 2.11. The number of halogens is 2. The summed E-state index contributed by atoms with van der Waals surface area (Å²) < 4.78 is 0. The summed E-state index contributed by atoms with van der Waals surface area (Å²) in [5.41, 5.74) is 1.59. The zero-order chi connectivity index (χ0) is 15.4. The number of amides is 1. The van der Waals surface area contributed by atoms with Crippen molar-refractivity contribution in [3.05, 3.63) is 52.3 Å². The Kier molecular flexibility index (Phi) is 5.04. The van der Waals surface area contributed by atoms with Crippen LogP contribution < -0.4 is 10.6 Å². The van der Waals surface area contributed by atoms with E-state index in [9.17, 15) is 4.79 Å². The average Bonchev–Trinajstić information content (AvgIpc) is 2.43. The second-order valence-electron chi connectivity index (χ2n) is 4.78. The van der Waals surface area contributed by atoms with Crippen molar-refractivity contribution in [2.45, 2.75) is 19.9 Å². The van der Waals surface area contributed by atoms with Gasteiger partial charge in [-0.05, 0) is 38.1 Å². The molecule has 6 heteroatoms. The molecule has 0 spiro atoms. The molecule has 1 heterocycles. The van der Waals surface area contributed by atoms with Crippen molar-refractivity contribution in [1.29, 1.82) is 0 Å². The standard InChI is InChI=1S/C15H15Cl2N3O/c1-9(2)19-10-6-7-18-13(8-10)15(21)20-12-5-3-4-11(16)14(12)17/h3-9H,1-2H3,(H,18,19)(H,20,21). The second-order valence-corrected chi connectivity index (χ2v) is 5.57. The van der Waals surface area contributed by atoms with E-state index in [1.165, 1.54) is 0 Å². The summed E-state index contributed by atoms with van der Waals surface area (Å²) in [5, 5.41) is 6.62. The monoisotopic (exact) mass is 323 g/mol. The molecule has 1 amide bonds. The molecule has 0 aliphatic heterocycles. The van der Waals surface area contributed by atoms with Gasteiger partial charge < -0.3 is 10.6 Å². The van der Waals surface area contributed by atoms with Crippen molar-refractivity contribution in [1.82, 2.24) is 4.98 Å². The van der Waals surface area contributed by atoms with Gasteiger partial charge in [0.05, 0.1) is 15.7 Å². The number of pyridine rings is 1. The first-order valence-electron chi connectivity index (χ1n) is 6.45. The second kappa shape index (κ2) is 6.78. The Labute approximate surface area is 133 Å². The van der Waals surface area contributed by atoms with E-state index in [-0.39, 0.29) is 11.9 Å². The van der Waals surface area contributed by atoms with Gasteiger partial charge in [0.2, 0.25) is 0 Å². The molecular weight excluding hydrogens is 309 g/mol. The third kappa shape index (κ3) is 4.09. The highest BCUT2D eigenvalue weighted by molar-refractivity contribution is 6.44. The van der Waals surface area contributed by atoms with Crippen LogP contribution in [0.1, 0.15) is 24.3 Å². The lowest BCUT2D eigenvalue weighted by Gasteiger charge is -2.11. The number of nitrogens with one attached hydrogen (secondary N) is 2. The highest BCUT2D eigenvalue weighted by Crippen LogP contribution is 2.29. The highest BCUT2D eigenvalue weighted by atomic mass is 35.5. The van der Waals surface area contributed by atoms with Gasteiger partial charge in [0.1, 0.15) is 5.69 Å². The van der Waals surface area contributed by atoms with E-state index in [1.54, 1.807) is 30.5 Å². The molecular formula is C15H15Cl2N3O. The molecule has 0 fully saturated rings. The van der Waals surface area contributed by atoms with E-state index in [2.05, 4.69) is 15.6 Å². The van der Waals surface area contributed by atoms with E-state index in [0.29, 0.717) is 21.4 Å². The summed E-state index contributed by atoms with van der Waals surface area (Å²) in [4.78, 5) is 16.3. The van der Waals surface area contributed by atoms with Gasteiger partial charge in [0.15, 0.2) is 0 Å². The molecule has 0 radical (unpaired) electrons. The lowest BCUT2D eigenvalue weighted by molar-refractivity contribution is 0.102. The van der Waals surface area contributed by atoms with Gasteiger partial charge in [0.25, 0.3) is 5.91 Å². The van der Waals surface area contributed by atoms with Crippen LogP contribution in [0, 0.1) is 0 Å². The first kappa shape index (κ1) is 15.6. The summed E-state index contributed by atoms with van der Waals surface area (Å²) in [6, 6.07) is 8.82. The Morgan fingerprint density at radius 1 is 1.24 bits per heavy atom. The number of hydrogen-bond donors (Lipinski definition) is 2. The molecule has 21 heavy (non-hydrogen) atoms. The van der Waals surface area contributed by atoms with Crippen LogP contribution in [0.2, 0.25) is 10.0 Å². The molecule has 2 N–H and O–H groups in total. The molecule has 0 saturated carbocycles. The predicted molar refractivity (Wildman–Crippen MR) is 87.4 cm³/mol. The summed E-state index contributed by atoms with van der Waals surface area (Å²) in [7, 11) is 0. The number of carbonyl (C=O) groups is 1. The maximum atomic E-state index is 12.2. The fourth-order valence-electron chi connectivity index (χ4n) is 1.76. The summed E-state index contributed by atoms with van der Waals surface area (Å²) in [5.74, 6) is -0.341. The lowest BCUT2D eigenvalue weighted by atomic mass is 10.2. The van der Waals surface area contributed by atoms with Crippen LogP contribution in [-0.4, -0.2) is 16.9 Å². The van der Waals surface area contributed by atoms with Crippen LogP contribution in [0.15, 0.2) is 36.5 Å². The van der Waals surface area contributed by atoms with E-state index in [1.807, 2.05) is 19.9 Å². The minimum Gasteiger partial charge on any atom is -0.383 e. The minimum atomic E-state index is -0.341. The van der Waals surface area contributed by atoms with E-state index < -0.39 is 0 Å².